The van der Waals surface area contributed by atoms with Crippen LogP contribution in [-0.2, 0) is 0 Å². The minimum absolute atomic E-state index is 0.456. The Balaban J connectivity index is 1.87. The second-order valence-electron chi connectivity index (χ2n) is 5.08. The lowest BCUT2D eigenvalue weighted by Crippen LogP contribution is -2.78. The highest BCUT2D eigenvalue weighted by Crippen LogP contribution is 2.26. The van der Waals surface area contributed by atoms with Crippen LogP contribution in [0.5, 0.6) is 0 Å². The maximum Gasteiger partial charge on any atom is 0.129 e. The van der Waals surface area contributed by atoms with Crippen LogP contribution in [0.1, 0.15) is 18.4 Å². The molecule has 0 spiro atoms. The summed E-state index contributed by atoms with van der Waals surface area (Å²) in [6.45, 7) is 1.10. The third-order valence-corrected chi connectivity index (χ3v) is 3.67. The van der Waals surface area contributed by atoms with Crippen molar-refractivity contribution in [2.24, 2.45) is 5.92 Å². The highest BCUT2D eigenvalue weighted by atomic mass is 35.5. The predicted octanol–water partition coefficient (Wildman–Crippen LogP) is 2.25. The van der Waals surface area contributed by atoms with Crippen LogP contribution in [0.25, 0.3) is 16.6 Å². The lowest BCUT2D eigenvalue weighted by molar-refractivity contribution is -0.590. The maximum absolute atomic E-state index is 7.56. The van der Waals surface area contributed by atoms with E-state index in [9.17, 15) is 0 Å². The number of nitrogens with zero attached hydrogens (tertiary/aromatic N) is 2. The summed E-state index contributed by atoms with van der Waals surface area (Å²) in [5.74, 6) is 0.855. The third kappa shape index (κ3) is 3.03. The van der Waals surface area contributed by atoms with Gasteiger partial charge in [-0.1, -0.05) is 11.6 Å². The van der Waals surface area contributed by atoms with Gasteiger partial charge in [0.25, 0.3) is 0 Å². The zero-order valence-electron chi connectivity index (χ0n) is 11.0. The summed E-state index contributed by atoms with van der Waals surface area (Å²) in [6, 6.07) is 5.50. The van der Waals surface area contributed by atoms with Crippen molar-refractivity contribution < 1.29 is 5.32 Å². The van der Waals surface area contributed by atoms with E-state index in [4.69, 9.17) is 17.0 Å². The van der Waals surface area contributed by atoms with E-state index in [1.54, 1.807) is 12.3 Å². The van der Waals surface area contributed by atoms with Gasteiger partial charge in [-0.15, -0.1) is 0 Å². The zero-order chi connectivity index (χ0) is 13.9. The summed E-state index contributed by atoms with van der Waals surface area (Å²) in [6.07, 6.45) is 7.81. The Morgan fingerprint density at radius 1 is 1.40 bits per heavy atom. The van der Waals surface area contributed by atoms with Gasteiger partial charge < -0.3 is 10.7 Å². The molecule has 0 saturated heterocycles. The van der Waals surface area contributed by atoms with Gasteiger partial charge in [0.05, 0.1) is 23.2 Å². The molecule has 3 rings (SSSR count). The van der Waals surface area contributed by atoms with E-state index < -0.39 is 0 Å². The molecule has 0 aromatic carbocycles. The quantitative estimate of drug-likeness (QED) is 0.654. The molecule has 0 bridgehead atoms. The van der Waals surface area contributed by atoms with E-state index >= 15 is 0 Å². The Bertz CT molecular complexity index is 677. The number of aromatic nitrogens is 2. The number of rotatable bonds is 5. The van der Waals surface area contributed by atoms with Gasteiger partial charge in [-0.3, -0.25) is 4.98 Å². The van der Waals surface area contributed by atoms with Crippen molar-refractivity contribution in [2.75, 3.05) is 6.54 Å². The van der Waals surface area contributed by atoms with Crippen LogP contribution < -0.4 is 5.32 Å². The SMILES string of the molecule is N=CC(=C[NH2+]CC1CC1)c1cnc2ccc(Cl)nc2c1. The Labute approximate surface area is 122 Å². The zero-order valence-corrected chi connectivity index (χ0v) is 11.8. The van der Waals surface area contributed by atoms with Crippen molar-refractivity contribution in [3.63, 3.8) is 0 Å². The van der Waals surface area contributed by atoms with Crippen LogP contribution in [0.2, 0.25) is 5.15 Å². The first-order chi connectivity index (χ1) is 9.76. The van der Waals surface area contributed by atoms with Crippen LogP contribution in [0, 0.1) is 11.3 Å². The summed E-state index contributed by atoms with van der Waals surface area (Å²) in [5, 5.41) is 10.2. The average Bonchev–Trinajstić information content (AvgIpc) is 3.27. The van der Waals surface area contributed by atoms with Crippen molar-refractivity contribution in [1.82, 2.24) is 9.97 Å². The van der Waals surface area contributed by atoms with Crippen LogP contribution in [0.15, 0.2) is 30.6 Å². The number of hydrogen-bond acceptors (Lipinski definition) is 3. The molecule has 0 amide bonds. The number of halogens is 1. The molecule has 1 aliphatic carbocycles. The highest BCUT2D eigenvalue weighted by Gasteiger charge is 2.22. The van der Waals surface area contributed by atoms with Gasteiger partial charge in [-0.2, -0.15) is 0 Å². The standard InChI is InChI=1S/C15H15ClN4/c16-15-4-3-13-14(20-15)5-11(9-19-13)12(6-17)8-18-7-10-1-2-10/h3-6,8-10,17-18H,1-2,7H2/p+1. The molecule has 1 fully saturated rings. The number of nitrogens with two attached hydrogens (primary N) is 1. The second kappa shape index (κ2) is 5.69. The van der Waals surface area contributed by atoms with Gasteiger partial charge in [0, 0.05) is 23.9 Å². The Morgan fingerprint density at radius 2 is 2.25 bits per heavy atom. The Morgan fingerprint density at radius 3 is 3.00 bits per heavy atom. The molecular weight excluding hydrogens is 272 g/mol. The lowest BCUT2D eigenvalue weighted by Gasteiger charge is -2.03. The normalized spacial score (nSPS) is 15.6. The van der Waals surface area contributed by atoms with Crippen molar-refractivity contribution in [3.8, 4) is 0 Å². The Hall–Kier alpha value is -1.78. The molecule has 0 aliphatic heterocycles. The van der Waals surface area contributed by atoms with Crippen LogP contribution >= 0.6 is 11.6 Å². The smallest absolute Gasteiger partial charge is 0.129 e. The summed E-state index contributed by atoms with van der Waals surface area (Å²) in [4.78, 5) is 8.63. The monoisotopic (exact) mass is 287 g/mol. The third-order valence-electron chi connectivity index (χ3n) is 3.46. The fourth-order valence-electron chi connectivity index (χ4n) is 2.11. The van der Waals surface area contributed by atoms with Crippen molar-refractivity contribution in [2.45, 2.75) is 12.8 Å². The molecule has 5 heteroatoms. The van der Waals surface area contributed by atoms with E-state index in [1.165, 1.54) is 19.1 Å². The molecular formula is C15H16ClN4+. The number of hydrogen-bond donors (Lipinski definition) is 2. The Kier molecular flexibility index (Phi) is 3.76. The minimum Gasteiger partial charge on any atom is -0.319 e. The molecule has 1 saturated carbocycles. The number of allylic oxidation sites excluding steroid dienone is 1. The van der Waals surface area contributed by atoms with Gasteiger partial charge in [0.1, 0.15) is 11.4 Å². The molecule has 3 N–H and O–H groups in total. The van der Waals surface area contributed by atoms with Crippen LogP contribution in [0.3, 0.4) is 0 Å². The fourth-order valence-corrected chi connectivity index (χ4v) is 2.26. The maximum atomic E-state index is 7.56. The summed E-state index contributed by atoms with van der Waals surface area (Å²) >= 11 is 5.91. The van der Waals surface area contributed by atoms with E-state index in [0.29, 0.717) is 5.15 Å². The summed E-state index contributed by atoms with van der Waals surface area (Å²) in [5.41, 5.74) is 3.31. The molecule has 102 valence electrons. The number of nitrogens with one attached hydrogen (secondary N) is 1. The lowest BCUT2D eigenvalue weighted by atomic mass is 10.1. The fraction of sp³-hybridized carbons (Fsp3) is 0.267. The molecule has 20 heavy (non-hydrogen) atoms. The highest BCUT2D eigenvalue weighted by molar-refractivity contribution is 6.29. The van der Waals surface area contributed by atoms with Gasteiger partial charge in [0.15, 0.2) is 0 Å². The topological polar surface area (TPSA) is 66.2 Å². The molecule has 0 radical (unpaired) electrons. The number of fused-ring (bicyclic) bond motifs is 1. The molecule has 0 atom stereocenters. The summed E-state index contributed by atoms with van der Waals surface area (Å²) < 4.78 is 0. The summed E-state index contributed by atoms with van der Waals surface area (Å²) in [7, 11) is 0. The van der Waals surface area contributed by atoms with Crippen molar-refractivity contribution in [1.29, 1.82) is 5.41 Å². The first kappa shape index (κ1) is 13.2. The average molecular weight is 288 g/mol. The van der Waals surface area contributed by atoms with E-state index in [0.717, 1.165) is 34.6 Å². The first-order valence-electron chi connectivity index (χ1n) is 6.73. The van der Waals surface area contributed by atoms with Crippen molar-refractivity contribution >= 4 is 34.4 Å². The molecule has 2 aromatic rings. The minimum atomic E-state index is 0.456. The van der Waals surface area contributed by atoms with E-state index in [2.05, 4.69) is 15.3 Å². The largest absolute Gasteiger partial charge is 0.319 e. The van der Waals surface area contributed by atoms with Crippen molar-refractivity contribution in [3.05, 3.63) is 41.3 Å². The first-order valence-corrected chi connectivity index (χ1v) is 7.11. The molecule has 0 unspecified atom stereocenters. The van der Waals surface area contributed by atoms with E-state index in [-0.39, 0.29) is 0 Å². The van der Waals surface area contributed by atoms with Gasteiger partial charge >= 0.3 is 0 Å². The van der Waals surface area contributed by atoms with Gasteiger partial charge in [0.2, 0.25) is 0 Å². The molecule has 2 aromatic heterocycles. The number of quaternary nitrogens is 1. The second-order valence-corrected chi connectivity index (χ2v) is 5.46. The van der Waals surface area contributed by atoms with Gasteiger partial charge in [-0.05, 0) is 31.0 Å². The molecule has 2 heterocycles. The van der Waals surface area contributed by atoms with Crippen LogP contribution in [0.4, 0.5) is 0 Å². The predicted molar refractivity (Wildman–Crippen MR) is 80.8 cm³/mol. The van der Waals surface area contributed by atoms with Gasteiger partial charge in [-0.25, -0.2) is 4.98 Å². The number of pyridine rings is 2. The van der Waals surface area contributed by atoms with Crippen LogP contribution in [-0.4, -0.2) is 22.7 Å². The van der Waals surface area contributed by atoms with E-state index in [1.807, 2.05) is 18.3 Å². The molecule has 1 aliphatic rings. The molecule has 4 nitrogen and oxygen atoms in total.